The molecule has 0 aliphatic carbocycles. The molecule has 2 aromatic heterocycles. The number of rotatable bonds is 13. The van der Waals surface area contributed by atoms with E-state index in [0.717, 1.165) is 73.6 Å². The summed E-state index contributed by atoms with van der Waals surface area (Å²) in [6.45, 7) is 28.4. The average molecular weight is 773 g/mol. The number of carbonyl (C=O) groups is 2. The van der Waals surface area contributed by atoms with Crippen LogP contribution in [0.3, 0.4) is 0 Å². The van der Waals surface area contributed by atoms with Crippen LogP contribution in [-0.4, -0.2) is 27.6 Å². The highest BCUT2D eigenvalue weighted by Crippen LogP contribution is 2.42. The molecule has 8 heteroatoms. The zero-order valence-electron chi connectivity index (χ0n) is 36.9. The third kappa shape index (κ3) is 11.8. The zero-order valence-corrected chi connectivity index (χ0v) is 36.9. The molecule has 0 bridgehead atoms. The Morgan fingerprint density at radius 1 is 0.702 bits per heavy atom. The van der Waals surface area contributed by atoms with E-state index in [1.807, 2.05) is 65.8 Å². The number of nitrogens with zero attached hydrogens (tertiary/aromatic N) is 3. The second-order valence-electron chi connectivity index (χ2n) is 18.5. The molecule has 2 heterocycles. The van der Waals surface area contributed by atoms with Crippen LogP contribution < -0.4 is 10.1 Å². The van der Waals surface area contributed by atoms with Crippen LogP contribution in [0.25, 0.3) is 22.3 Å². The number of hydrogen-bond acceptors (Lipinski definition) is 7. The first kappa shape index (κ1) is 44.7. The molecular formula is C49H64N4O4. The van der Waals surface area contributed by atoms with Gasteiger partial charge in [0.05, 0.1) is 24.1 Å². The number of hydrogen-bond donors (Lipinski definition) is 1. The third-order valence-corrected chi connectivity index (χ3v) is 10.1. The van der Waals surface area contributed by atoms with E-state index < -0.39 is 23.0 Å². The minimum atomic E-state index is -0.671. The van der Waals surface area contributed by atoms with Crippen LogP contribution in [0.4, 0.5) is 4.79 Å². The van der Waals surface area contributed by atoms with E-state index in [0.29, 0.717) is 30.2 Å². The monoisotopic (exact) mass is 772 g/mol. The van der Waals surface area contributed by atoms with Gasteiger partial charge in [-0.25, -0.2) is 4.79 Å². The molecule has 0 aliphatic rings. The van der Waals surface area contributed by atoms with Gasteiger partial charge in [-0.3, -0.25) is 14.8 Å². The van der Waals surface area contributed by atoms with E-state index >= 15 is 4.79 Å². The number of alkyl carbamates (subject to hydrolysis) is 1. The van der Waals surface area contributed by atoms with E-state index in [2.05, 4.69) is 91.0 Å². The van der Waals surface area contributed by atoms with Crippen LogP contribution in [0.5, 0.6) is 5.75 Å². The van der Waals surface area contributed by atoms with Crippen LogP contribution in [0.1, 0.15) is 120 Å². The maximum atomic E-state index is 15.0. The number of nitrogens with one attached hydrogen (secondary N) is 1. The number of amides is 1. The smallest absolute Gasteiger partial charge is 0.407 e. The van der Waals surface area contributed by atoms with Gasteiger partial charge in [-0.2, -0.15) is 5.26 Å². The van der Waals surface area contributed by atoms with Crippen molar-refractivity contribution >= 4 is 12.1 Å². The van der Waals surface area contributed by atoms with Gasteiger partial charge in [0.1, 0.15) is 5.60 Å². The molecule has 0 fully saturated rings. The zero-order chi connectivity index (χ0) is 42.4. The molecule has 1 atom stereocenters. The third-order valence-electron chi connectivity index (χ3n) is 10.1. The van der Waals surface area contributed by atoms with E-state index in [1.54, 1.807) is 0 Å². The minimum absolute atomic E-state index is 0.135. The summed E-state index contributed by atoms with van der Waals surface area (Å²) in [5.74, 6) is -0.0168. The topological polar surface area (TPSA) is 114 Å². The standard InChI is InChI=1S/C49H64N4O4/c1-29(2)25-41-38(43(35-19-15-31(5)16-20-35)37(23-24-50)33(7)52-41)27-40(48(9,10)11)46(54)56-45-34(8)53-42(26-30(3)4)39(28-51-47(55)57-49(12,13)14)44(45)36-21-17-32(6)18-22-36/h15-22,29-30,40H,23,25-28H2,1-14H3,(H,51,55). The van der Waals surface area contributed by atoms with E-state index in [1.165, 1.54) is 0 Å². The van der Waals surface area contributed by atoms with Crippen molar-refractivity contribution in [3.8, 4) is 34.1 Å². The number of pyridine rings is 2. The summed E-state index contributed by atoms with van der Waals surface area (Å²) < 4.78 is 12.3. The van der Waals surface area contributed by atoms with Gasteiger partial charge in [0.2, 0.25) is 0 Å². The first-order valence-electron chi connectivity index (χ1n) is 20.3. The van der Waals surface area contributed by atoms with Crippen molar-refractivity contribution in [3.05, 3.63) is 99.1 Å². The molecule has 57 heavy (non-hydrogen) atoms. The summed E-state index contributed by atoms with van der Waals surface area (Å²) in [6.07, 6.45) is 1.42. The van der Waals surface area contributed by atoms with Crippen LogP contribution >= 0.6 is 0 Å². The molecule has 8 nitrogen and oxygen atoms in total. The van der Waals surface area contributed by atoms with E-state index in [4.69, 9.17) is 19.4 Å². The van der Waals surface area contributed by atoms with E-state index in [9.17, 15) is 10.1 Å². The number of ether oxygens (including phenoxy) is 2. The lowest BCUT2D eigenvalue weighted by Gasteiger charge is -2.32. The van der Waals surface area contributed by atoms with Crippen LogP contribution in [0.15, 0.2) is 48.5 Å². The summed E-state index contributed by atoms with van der Waals surface area (Å²) in [4.78, 5) is 38.3. The van der Waals surface area contributed by atoms with Crippen molar-refractivity contribution in [2.75, 3.05) is 0 Å². The summed E-state index contributed by atoms with van der Waals surface area (Å²) >= 11 is 0. The summed E-state index contributed by atoms with van der Waals surface area (Å²) in [6, 6.07) is 18.9. The normalized spacial score (nSPS) is 12.4. The van der Waals surface area contributed by atoms with Gasteiger partial charge in [-0.15, -0.1) is 0 Å². The molecule has 4 rings (SSSR count). The molecule has 2 aromatic carbocycles. The highest BCUT2D eigenvalue weighted by molar-refractivity contribution is 5.84. The maximum absolute atomic E-state index is 15.0. The van der Waals surface area contributed by atoms with Crippen molar-refractivity contribution < 1.29 is 19.1 Å². The van der Waals surface area contributed by atoms with Crippen LogP contribution in [0.2, 0.25) is 0 Å². The maximum Gasteiger partial charge on any atom is 0.407 e. The van der Waals surface area contributed by atoms with Gasteiger partial charge >= 0.3 is 12.1 Å². The van der Waals surface area contributed by atoms with Crippen molar-refractivity contribution in [2.24, 2.45) is 23.2 Å². The predicted octanol–water partition coefficient (Wildman–Crippen LogP) is 11.3. The number of aromatic nitrogens is 2. The fourth-order valence-corrected chi connectivity index (χ4v) is 7.26. The van der Waals surface area contributed by atoms with Gasteiger partial charge in [0.15, 0.2) is 5.75 Å². The van der Waals surface area contributed by atoms with Crippen molar-refractivity contribution in [2.45, 2.75) is 135 Å². The highest BCUT2D eigenvalue weighted by atomic mass is 16.6. The molecule has 0 spiro atoms. The number of nitriles is 1. The molecule has 0 radical (unpaired) electrons. The molecule has 4 aromatic rings. The van der Waals surface area contributed by atoms with Gasteiger partial charge < -0.3 is 14.8 Å². The fraction of sp³-hybridized carbons (Fsp3) is 0.490. The van der Waals surface area contributed by atoms with Crippen LogP contribution in [-0.2, 0) is 41.8 Å². The highest BCUT2D eigenvalue weighted by Gasteiger charge is 2.37. The van der Waals surface area contributed by atoms with Crippen molar-refractivity contribution in [1.82, 2.24) is 15.3 Å². The van der Waals surface area contributed by atoms with Gasteiger partial charge in [0, 0.05) is 34.8 Å². The first-order chi connectivity index (χ1) is 26.6. The Bertz CT molecular complexity index is 2090. The SMILES string of the molecule is Cc1ccc(-c2c(CC#N)c(C)nc(CC(C)C)c2CC(C(=O)Oc2c(C)nc(CC(C)C)c(CNC(=O)OC(C)(C)C)c2-c2ccc(C)cc2)C(C)(C)C)cc1. The molecule has 0 aliphatic heterocycles. The lowest BCUT2D eigenvalue weighted by atomic mass is 9.74. The first-order valence-corrected chi connectivity index (χ1v) is 20.3. The number of aryl methyl sites for hydroxylation is 4. The Balaban J connectivity index is 1.95. The van der Waals surface area contributed by atoms with Gasteiger partial charge in [-0.05, 0) is 113 Å². The minimum Gasteiger partial charge on any atom is -0.444 e. The second-order valence-corrected chi connectivity index (χ2v) is 18.5. The Labute approximate surface area is 341 Å². The molecule has 304 valence electrons. The summed E-state index contributed by atoms with van der Waals surface area (Å²) in [7, 11) is 0. The number of esters is 1. The molecule has 1 unspecified atom stereocenters. The van der Waals surface area contributed by atoms with Crippen molar-refractivity contribution in [1.29, 1.82) is 5.26 Å². The molecule has 1 N–H and O–H groups in total. The Kier molecular flexibility index (Phi) is 14.5. The summed E-state index contributed by atoms with van der Waals surface area (Å²) in [5.41, 5.74) is 10.4. The van der Waals surface area contributed by atoms with Crippen LogP contribution in [0, 0.1) is 62.2 Å². The lowest BCUT2D eigenvalue weighted by Crippen LogP contribution is -2.35. The van der Waals surface area contributed by atoms with E-state index in [-0.39, 0.29) is 24.9 Å². The number of benzene rings is 2. The summed E-state index contributed by atoms with van der Waals surface area (Å²) in [5, 5.41) is 13.0. The molecule has 0 saturated carbocycles. The Morgan fingerprint density at radius 2 is 1.19 bits per heavy atom. The average Bonchev–Trinajstić information content (AvgIpc) is 3.08. The second kappa shape index (κ2) is 18.5. The molecular weight excluding hydrogens is 709 g/mol. The quantitative estimate of drug-likeness (QED) is 0.135. The number of carbonyl (C=O) groups excluding carboxylic acids is 2. The molecule has 0 saturated heterocycles. The van der Waals surface area contributed by atoms with Gasteiger partial charge in [0.25, 0.3) is 0 Å². The van der Waals surface area contributed by atoms with Gasteiger partial charge in [-0.1, -0.05) is 108 Å². The Hall–Kier alpha value is -5.03. The largest absolute Gasteiger partial charge is 0.444 e. The fourth-order valence-electron chi connectivity index (χ4n) is 7.26. The van der Waals surface area contributed by atoms with Crippen molar-refractivity contribution in [3.63, 3.8) is 0 Å². The Morgan fingerprint density at radius 3 is 1.67 bits per heavy atom. The predicted molar refractivity (Wildman–Crippen MR) is 230 cm³/mol. The lowest BCUT2D eigenvalue weighted by molar-refractivity contribution is -0.142. The molecule has 1 amide bonds.